The number of morpholine rings is 1. The van der Waals surface area contributed by atoms with E-state index in [-0.39, 0.29) is 6.10 Å². The lowest BCUT2D eigenvalue weighted by molar-refractivity contribution is -0.163. The van der Waals surface area contributed by atoms with Crippen molar-refractivity contribution in [3.05, 3.63) is 35.9 Å². The summed E-state index contributed by atoms with van der Waals surface area (Å²) in [6.45, 7) is 3.92. The summed E-state index contributed by atoms with van der Waals surface area (Å²) in [7, 11) is 0. The molecule has 1 aromatic carbocycles. The van der Waals surface area contributed by atoms with E-state index in [9.17, 15) is 4.79 Å². The second kappa shape index (κ2) is 5.29. The lowest BCUT2D eigenvalue weighted by Crippen LogP contribution is -2.49. The highest BCUT2D eigenvalue weighted by atomic mass is 16.5. The van der Waals surface area contributed by atoms with Gasteiger partial charge in [-0.15, -0.1) is 0 Å². The number of carbonyl (C=O) groups is 1. The number of hydrogen-bond acceptors (Lipinski definition) is 3. The predicted octanol–water partition coefficient (Wildman–Crippen LogP) is 1.36. The first-order chi connectivity index (χ1) is 8.15. The Balaban J connectivity index is 1.99. The normalized spacial score (nSPS) is 25.7. The molecular weight excluding hydrogens is 218 g/mol. The first-order valence-electron chi connectivity index (χ1n) is 5.79. The fourth-order valence-electron chi connectivity index (χ4n) is 2.15. The number of rotatable bonds is 3. The van der Waals surface area contributed by atoms with Gasteiger partial charge in [-0.3, -0.25) is 4.90 Å². The number of aliphatic carboxylic acids is 1. The number of benzene rings is 1. The van der Waals surface area contributed by atoms with Gasteiger partial charge in [0.05, 0.1) is 6.10 Å². The quantitative estimate of drug-likeness (QED) is 0.859. The summed E-state index contributed by atoms with van der Waals surface area (Å²) in [5.74, 6) is -0.880. The molecule has 1 aromatic rings. The van der Waals surface area contributed by atoms with Gasteiger partial charge in [0.15, 0.2) is 6.10 Å². The Morgan fingerprint density at radius 2 is 2.12 bits per heavy atom. The van der Waals surface area contributed by atoms with Crippen molar-refractivity contribution in [3.63, 3.8) is 0 Å². The van der Waals surface area contributed by atoms with E-state index in [1.54, 1.807) is 0 Å². The highest BCUT2D eigenvalue weighted by Crippen LogP contribution is 2.14. The van der Waals surface area contributed by atoms with Crippen LogP contribution in [0.1, 0.15) is 12.5 Å². The SMILES string of the molecule is CC1CN(Cc2ccccc2)CC(C(=O)O)O1. The van der Waals surface area contributed by atoms with E-state index in [1.807, 2.05) is 25.1 Å². The minimum absolute atomic E-state index is 0.0337. The zero-order valence-electron chi connectivity index (χ0n) is 9.87. The van der Waals surface area contributed by atoms with E-state index in [4.69, 9.17) is 9.84 Å². The zero-order valence-corrected chi connectivity index (χ0v) is 9.87. The molecule has 0 spiro atoms. The number of hydrogen-bond donors (Lipinski definition) is 1. The Kier molecular flexibility index (Phi) is 3.76. The molecule has 0 aliphatic carbocycles. The Labute approximate surface area is 101 Å². The predicted molar refractivity (Wildman–Crippen MR) is 63.7 cm³/mol. The molecule has 0 amide bonds. The number of carboxylic acid groups (broad SMARTS) is 1. The van der Waals surface area contributed by atoms with E-state index in [0.29, 0.717) is 6.54 Å². The van der Waals surface area contributed by atoms with E-state index in [1.165, 1.54) is 5.56 Å². The number of carboxylic acids is 1. The van der Waals surface area contributed by atoms with E-state index < -0.39 is 12.1 Å². The third-order valence-corrected chi connectivity index (χ3v) is 2.86. The molecule has 1 N–H and O–H groups in total. The molecule has 0 saturated carbocycles. The Bertz CT molecular complexity index is 380. The van der Waals surface area contributed by atoms with Crippen molar-refractivity contribution >= 4 is 5.97 Å². The lowest BCUT2D eigenvalue weighted by Gasteiger charge is -2.34. The molecule has 2 atom stereocenters. The molecule has 4 nitrogen and oxygen atoms in total. The molecule has 0 bridgehead atoms. The minimum atomic E-state index is -0.880. The molecule has 1 aliphatic rings. The molecule has 0 aromatic heterocycles. The Morgan fingerprint density at radius 3 is 2.76 bits per heavy atom. The Hall–Kier alpha value is -1.39. The number of nitrogens with zero attached hydrogens (tertiary/aromatic N) is 1. The first kappa shape index (κ1) is 12.1. The van der Waals surface area contributed by atoms with Gasteiger partial charge in [-0.1, -0.05) is 30.3 Å². The topological polar surface area (TPSA) is 49.8 Å². The molecular formula is C13H17NO3. The van der Waals surface area contributed by atoms with Crippen LogP contribution in [0.5, 0.6) is 0 Å². The van der Waals surface area contributed by atoms with Crippen LogP contribution >= 0.6 is 0 Å². The molecule has 17 heavy (non-hydrogen) atoms. The van der Waals surface area contributed by atoms with Gasteiger partial charge in [-0.25, -0.2) is 4.79 Å². The van der Waals surface area contributed by atoms with Gasteiger partial charge in [-0.2, -0.15) is 0 Å². The van der Waals surface area contributed by atoms with E-state index >= 15 is 0 Å². The van der Waals surface area contributed by atoms with Crippen LogP contribution in [0.4, 0.5) is 0 Å². The van der Waals surface area contributed by atoms with Crippen molar-refractivity contribution < 1.29 is 14.6 Å². The highest BCUT2D eigenvalue weighted by molar-refractivity contribution is 5.72. The average molecular weight is 235 g/mol. The van der Waals surface area contributed by atoms with Crippen LogP contribution < -0.4 is 0 Å². The van der Waals surface area contributed by atoms with Crippen LogP contribution in [-0.2, 0) is 16.1 Å². The van der Waals surface area contributed by atoms with Gasteiger partial charge in [0.25, 0.3) is 0 Å². The molecule has 92 valence electrons. The van der Waals surface area contributed by atoms with E-state index in [2.05, 4.69) is 17.0 Å². The van der Waals surface area contributed by atoms with Gasteiger partial charge in [0.2, 0.25) is 0 Å². The molecule has 2 rings (SSSR count). The van der Waals surface area contributed by atoms with Crippen molar-refractivity contribution in [2.24, 2.45) is 0 Å². The second-order valence-corrected chi connectivity index (χ2v) is 4.45. The monoisotopic (exact) mass is 235 g/mol. The molecule has 1 saturated heterocycles. The van der Waals surface area contributed by atoms with Gasteiger partial charge < -0.3 is 9.84 Å². The summed E-state index contributed by atoms with van der Waals surface area (Å²) in [6.07, 6.45) is -0.740. The van der Waals surface area contributed by atoms with Crippen LogP contribution in [0.15, 0.2) is 30.3 Å². The molecule has 1 heterocycles. The van der Waals surface area contributed by atoms with Crippen LogP contribution in [0.3, 0.4) is 0 Å². The molecule has 2 unspecified atom stereocenters. The molecule has 4 heteroatoms. The summed E-state index contributed by atoms with van der Waals surface area (Å²) < 4.78 is 5.37. The van der Waals surface area contributed by atoms with Gasteiger partial charge >= 0.3 is 5.97 Å². The standard InChI is InChI=1S/C13H17NO3/c1-10-7-14(9-12(17-10)13(15)16)8-11-5-3-2-4-6-11/h2-6,10,12H,7-9H2,1H3,(H,15,16). The lowest BCUT2D eigenvalue weighted by atomic mass is 10.1. The van der Waals surface area contributed by atoms with E-state index in [0.717, 1.165) is 13.1 Å². The maximum atomic E-state index is 10.9. The van der Waals surface area contributed by atoms with Crippen molar-refractivity contribution in [2.75, 3.05) is 13.1 Å². The van der Waals surface area contributed by atoms with Crippen molar-refractivity contribution in [1.82, 2.24) is 4.90 Å². The van der Waals surface area contributed by atoms with Gasteiger partial charge in [-0.05, 0) is 12.5 Å². The van der Waals surface area contributed by atoms with Crippen molar-refractivity contribution in [2.45, 2.75) is 25.7 Å². The summed E-state index contributed by atoms with van der Waals surface area (Å²) in [5, 5.41) is 8.99. The summed E-state index contributed by atoms with van der Waals surface area (Å²) in [4.78, 5) is 13.1. The summed E-state index contributed by atoms with van der Waals surface area (Å²) in [6, 6.07) is 10.1. The molecule has 1 fully saturated rings. The molecule has 1 aliphatic heterocycles. The maximum absolute atomic E-state index is 10.9. The second-order valence-electron chi connectivity index (χ2n) is 4.45. The summed E-state index contributed by atoms with van der Waals surface area (Å²) in [5.41, 5.74) is 1.20. The largest absolute Gasteiger partial charge is 0.479 e. The first-order valence-corrected chi connectivity index (χ1v) is 5.79. The minimum Gasteiger partial charge on any atom is -0.479 e. The van der Waals surface area contributed by atoms with Crippen LogP contribution in [0, 0.1) is 0 Å². The maximum Gasteiger partial charge on any atom is 0.334 e. The Morgan fingerprint density at radius 1 is 1.41 bits per heavy atom. The highest BCUT2D eigenvalue weighted by Gasteiger charge is 2.29. The third kappa shape index (κ3) is 3.28. The van der Waals surface area contributed by atoms with Crippen LogP contribution in [0.25, 0.3) is 0 Å². The van der Waals surface area contributed by atoms with Crippen LogP contribution in [0.2, 0.25) is 0 Å². The summed E-state index contributed by atoms with van der Waals surface area (Å²) >= 11 is 0. The zero-order chi connectivity index (χ0) is 12.3. The van der Waals surface area contributed by atoms with Crippen molar-refractivity contribution in [1.29, 1.82) is 0 Å². The fraction of sp³-hybridized carbons (Fsp3) is 0.462. The smallest absolute Gasteiger partial charge is 0.334 e. The fourth-order valence-corrected chi connectivity index (χ4v) is 2.15. The average Bonchev–Trinajstić information content (AvgIpc) is 2.29. The number of ether oxygens (including phenoxy) is 1. The molecule has 0 radical (unpaired) electrons. The van der Waals surface area contributed by atoms with Crippen LogP contribution in [-0.4, -0.2) is 41.3 Å². The van der Waals surface area contributed by atoms with Crippen molar-refractivity contribution in [3.8, 4) is 0 Å². The van der Waals surface area contributed by atoms with Gasteiger partial charge in [0, 0.05) is 19.6 Å². The van der Waals surface area contributed by atoms with Gasteiger partial charge in [0.1, 0.15) is 0 Å². The third-order valence-electron chi connectivity index (χ3n) is 2.86.